The fourth-order valence-corrected chi connectivity index (χ4v) is 4.46. The first-order chi connectivity index (χ1) is 14.9. The lowest BCUT2D eigenvalue weighted by Gasteiger charge is -2.25. The Kier molecular flexibility index (Phi) is 5.48. The molecule has 0 aliphatic carbocycles. The molecule has 4 rings (SSSR count). The van der Waals surface area contributed by atoms with Gasteiger partial charge in [0.1, 0.15) is 6.04 Å². The number of carbonyl (C=O) groups excluding carboxylic acids is 4. The van der Waals surface area contributed by atoms with Crippen molar-refractivity contribution in [3.8, 4) is 0 Å². The standard InChI is InChI=1S/C23H19N3O4S/c1-13-19(14(2)27)31-23(24-13)25-20(28)18(12-15-8-4-3-5-9-15)26-21(29)16-10-6-7-11-17(16)22(26)30/h3-11,18H,12H2,1-2H3,(H,24,25,28). The van der Waals surface area contributed by atoms with E-state index in [0.717, 1.165) is 21.8 Å². The van der Waals surface area contributed by atoms with Gasteiger partial charge in [-0.2, -0.15) is 0 Å². The number of fused-ring (bicyclic) bond motifs is 1. The molecule has 3 aromatic rings. The number of Topliss-reactive ketones (excluding diaryl/α,β-unsaturated/α-hetero) is 1. The number of benzene rings is 2. The lowest BCUT2D eigenvalue weighted by molar-refractivity contribution is -0.119. The Bertz CT molecular complexity index is 1170. The van der Waals surface area contributed by atoms with Crippen molar-refractivity contribution in [3.63, 3.8) is 0 Å². The fraction of sp³-hybridized carbons (Fsp3) is 0.174. The van der Waals surface area contributed by atoms with Crippen molar-refractivity contribution in [3.05, 3.63) is 81.9 Å². The summed E-state index contributed by atoms with van der Waals surface area (Å²) < 4.78 is 0. The minimum Gasteiger partial charge on any atom is -0.300 e. The van der Waals surface area contributed by atoms with Crippen molar-refractivity contribution in [2.75, 3.05) is 5.32 Å². The molecule has 0 radical (unpaired) electrons. The highest BCUT2D eigenvalue weighted by molar-refractivity contribution is 7.17. The number of aryl methyl sites for hydroxylation is 1. The second-order valence-corrected chi connectivity index (χ2v) is 8.21. The fourth-order valence-electron chi connectivity index (χ4n) is 3.59. The van der Waals surface area contributed by atoms with Crippen LogP contribution in [0.5, 0.6) is 0 Å². The van der Waals surface area contributed by atoms with Crippen LogP contribution in [0.25, 0.3) is 0 Å². The number of anilines is 1. The van der Waals surface area contributed by atoms with Gasteiger partial charge in [-0.3, -0.25) is 24.1 Å². The van der Waals surface area contributed by atoms with Crippen LogP contribution in [0.2, 0.25) is 0 Å². The Balaban J connectivity index is 1.67. The number of aromatic nitrogens is 1. The summed E-state index contributed by atoms with van der Waals surface area (Å²) in [5.41, 5.74) is 1.89. The van der Waals surface area contributed by atoms with Gasteiger partial charge in [0.25, 0.3) is 11.8 Å². The Morgan fingerprint density at radius 3 is 2.13 bits per heavy atom. The molecule has 0 saturated carbocycles. The number of hydrogen-bond acceptors (Lipinski definition) is 6. The zero-order chi connectivity index (χ0) is 22.1. The summed E-state index contributed by atoms with van der Waals surface area (Å²) in [7, 11) is 0. The Morgan fingerprint density at radius 2 is 1.58 bits per heavy atom. The molecule has 0 spiro atoms. The van der Waals surface area contributed by atoms with Crippen molar-refractivity contribution >= 4 is 40.0 Å². The van der Waals surface area contributed by atoms with Gasteiger partial charge in [0.05, 0.1) is 21.7 Å². The molecule has 2 heterocycles. The number of nitrogens with one attached hydrogen (secondary N) is 1. The third kappa shape index (κ3) is 3.89. The van der Waals surface area contributed by atoms with Crippen LogP contribution in [0.15, 0.2) is 54.6 Å². The van der Waals surface area contributed by atoms with E-state index in [9.17, 15) is 19.2 Å². The van der Waals surface area contributed by atoms with Gasteiger partial charge in [0, 0.05) is 13.3 Å². The molecule has 8 heteroatoms. The molecular formula is C23H19N3O4S. The van der Waals surface area contributed by atoms with E-state index in [2.05, 4.69) is 10.3 Å². The van der Waals surface area contributed by atoms with Gasteiger partial charge in [0.15, 0.2) is 10.9 Å². The lowest BCUT2D eigenvalue weighted by atomic mass is 10.0. The zero-order valence-electron chi connectivity index (χ0n) is 16.9. The summed E-state index contributed by atoms with van der Waals surface area (Å²) >= 11 is 1.07. The molecule has 2 aromatic carbocycles. The van der Waals surface area contributed by atoms with Crippen LogP contribution < -0.4 is 5.32 Å². The number of carbonyl (C=O) groups is 4. The van der Waals surface area contributed by atoms with Gasteiger partial charge >= 0.3 is 0 Å². The van der Waals surface area contributed by atoms with Crippen molar-refractivity contribution in [2.45, 2.75) is 26.3 Å². The minimum atomic E-state index is -1.07. The van der Waals surface area contributed by atoms with E-state index in [1.54, 1.807) is 31.2 Å². The third-order valence-corrected chi connectivity index (χ3v) is 6.23. The van der Waals surface area contributed by atoms with Gasteiger partial charge in [-0.05, 0) is 24.6 Å². The summed E-state index contributed by atoms with van der Waals surface area (Å²) in [6, 6.07) is 14.6. The van der Waals surface area contributed by atoms with Crippen molar-refractivity contribution < 1.29 is 19.2 Å². The average Bonchev–Trinajstić information content (AvgIpc) is 3.24. The van der Waals surface area contributed by atoms with Crippen LogP contribution in [-0.2, 0) is 11.2 Å². The highest BCUT2D eigenvalue weighted by atomic mass is 32.1. The largest absolute Gasteiger partial charge is 0.300 e. The first-order valence-electron chi connectivity index (χ1n) is 9.67. The molecule has 31 heavy (non-hydrogen) atoms. The van der Waals surface area contributed by atoms with Crippen molar-refractivity contribution in [2.24, 2.45) is 0 Å². The molecule has 3 amide bonds. The van der Waals surface area contributed by atoms with Gasteiger partial charge in [0.2, 0.25) is 5.91 Å². The average molecular weight is 433 g/mol. The maximum Gasteiger partial charge on any atom is 0.262 e. The molecule has 1 aromatic heterocycles. The van der Waals surface area contributed by atoms with Gasteiger partial charge in [-0.15, -0.1) is 0 Å². The van der Waals surface area contributed by atoms with E-state index in [1.165, 1.54) is 6.92 Å². The van der Waals surface area contributed by atoms with Gasteiger partial charge < -0.3 is 5.32 Å². The molecule has 7 nitrogen and oxygen atoms in total. The number of hydrogen-bond donors (Lipinski definition) is 1. The quantitative estimate of drug-likeness (QED) is 0.474. The van der Waals surface area contributed by atoms with E-state index in [1.807, 2.05) is 30.3 Å². The van der Waals surface area contributed by atoms with E-state index in [-0.39, 0.29) is 28.5 Å². The van der Waals surface area contributed by atoms with Crippen LogP contribution in [0.1, 0.15) is 48.6 Å². The van der Waals surface area contributed by atoms with Crippen LogP contribution in [0, 0.1) is 6.92 Å². The summed E-state index contributed by atoms with van der Waals surface area (Å²) in [6.45, 7) is 3.12. The number of rotatable bonds is 6. The number of imide groups is 1. The summed E-state index contributed by atoms with van der Waals surface area (Å²) in [5, 5.41) is 2.95. The lowest BCUT2D eigenvalue weighted by Crippen LogP contribution is -2.48. The highest BCUT2D eigenvalue weighted by Gasteiger charge is 2.42. The van der Waals surface area contributed by atoms with Crippen molar-refractivity contribution in [1.29, 1.82) is 0 Å². The third-order valence-electron chi connectivity index (χ3n) is 5.06. The normalized spacial score (nSPS) is 13.8. The molecule has 1 N–H and O–H groups in total. The van der Waals surface area contributed by atoms with E-state index in [4.69, 9.17) is 0 Å². The van der Waals surface area contributed by atoms with E-state index in [0.29, 0.717) is 10.6 Å². The molecule has 1 unspecified atom stereocenters. The number of ketones is 1. The first-order valence-corrected chi connectivity index (χ1v) is 10.5. The number of thiazole rings is 1. The van der Waals surface area contributed by atoms with Crippen LogP contribution in [-0.4, -0.2) is 39.4 Å². The topological polar surface area (TPSA) is 96.4 Å². The van der Waals surface area contributed by atoms with Crippen LogP contribution in [0.3, 0.4) is 0 Å². The number of amides is 3. The molecule has 0 fully saturated rings. The second-order valence-electron chi connectivity index (χ2n) is 7.21. The molecule has 1 atom stereocenters. The maximum absolute atomic E-state index is 13.3. The Labute approximate surface area is 182 Å². The Morgan fingerprint density at radius 1 is 1.00 bits per heavy atom. The zero-order valence-corrected chi connectivity index (χ0v) is 17.7. The molecule has 0 saturated heterocycles. The molecule has 0 bridgehead atoms. The predicted molar refractivity (Wildman–Crippen MR) is 116 cm³/mol. The van der Waals surface area contributed by atoms with Crippen LogP contribution >= 0.6 is 11.3 Å². The van der Waals surface area contributed by atoms with Crippen LogP contribution in [0.4, 0.5) is 5.13 Å². The van der Waals surface area contributed by atoms with Gasteiger partial charge in [-0.25, -0.2) is 4.98 Å². The summed E-state index contributed by atoms with van der Waals surface area (Å²) in [6.07, 6.45) is 0.155. The SMILES string of the molecule is CC(=O)c1sc(NC(=O)C(Cc2ccccc2)N2C(=O)c3ccccc3C2=O)nc1C. The first kappa shape index (κ1) is 20.6. The molecular weight excluding hydrogens is 414 g/mol. The van der Waals surface area contributed by atoms with Crippen molar-refractivity contribution in [1.82, 2.24) is 9.88 Å². The van der Waals surface area contributed by atoms with E-state index < -0.39 is 23.8 Å². The maximum atomic E-state index is 13.3. The summed E-state index contributed by atoms with van der Waals surface area (Å²) in [4.78, 5) is 56.7. The predicted octanol–water partition coefficient (Wildman–Crippen LogP) is 3.50. The van der Waals surface area contributed by atoms with Gasteiger partial charge in [-0.1, -0.05) is 53.8 Å². The monoisotopic (exact) mass is 433 g/mol. The van der Waals surface area contributed by atoms with E-state index >= 15 is 0 Å². The Hall–Kier alpha value is -3.65. The molecule has 156 valence electrons. The minimum absolute atomic E-state index is 0.142. The number of nitrogens with zero attached hydrogens (tertiary/aromatic N) is 2. The second kappa shape index (κ2) is 8.23. The highest BCUT2D eigenvalue weighted by Crippen LogP contribution is 2.28. The smallest absolute Gasteiger partial charge is 0.262 e. The summed E-state index contributed by atoms with van der Waals surface area (Å²) in [5.74, 6) is -1.69. The molecule has 1 aliphatic heterocycles. The molecule has 1 aliphatic rings.